The fourth-order valence-corrected chi connectivity index (χ4v) is 2.86. The fourth-order valence-electron chi connectivity index (χ4n) is 1.63. The van der Waals surface area contributed by atoms with Crippen molar-refractivity contribution in [2.24, 2.45) is 0 Å². The zero-order valence-corrected chi connectivity index (χ0v) is 11.5. The summed E-state index contributed by atoms with van der Waals surface area (Å²) >= 11 is 1.20. The third kappa shape index (κ3) is 3.18. The molecular weight excluding hydrogens is 256 g/mol. The topological polar surface area (TPSA) is 86.8 Å². The number of aliphatic hydroxyl groups excluding tert-OH is 2. The minimum absolute atomic E-state index is 0.0157. The molecule has 1 rings (SSSR count). The highest BCUT2D eigenvalue weighted by atomic mass is 32.1. The van der Waals surface area contributed by atoms with E-state index in [2.05, 4.69) is 0 Å². The van der Waals surface area contributed by atoms with Gasteiger partial charge in [0.2, 0.25) is 0 Å². The summed E-state index contributed by atoms with van der Waals surface area (Å²) in [6.45, 7) is 5.64. The average Bonchev–Trinajstić information content (AvgIpc) is 2.69. The minimum Gasteiger partial charge on any atom is -0.395 e. The molecule has 0 aliphatic heterocycles. The predicted octanol–water partition coefficient (Wildman–Crippen LogP) is 1.92. The van der Waals surface area contributed by atoms with Gasteiger partial charge < -0.3 is 15.1 Å². The maximum absolute atomic E-state index is 11.0. The van der Waals surface area contributed by atoms with Crippen molar-refractivity contribution in [1.29, 1.82) is 0 Å². The maximum Gasteiger partial charge on any atom is 0.304 e. The van der Waals surface area contributed by atoms with Crippen molar-refractivity contribution in [2.45, 2.75) is 32.9 Å². The van der Waals surface area contributed by atoms with Crippen LogP contribution in [0.5, 0.6) is 0 Å². The van der Waals surface area contributed by atoms with Crippen molar-refractivity contribution >= 4 is 22.0 Å². The van der Waals surface area contributed by atoms with Crippen LogP contribution in [-0.2, 0) is 0 Å². The van der Waals surface area contributed by atoms with Crippen LogP contribution in [0.4, 0.5) is 10.7 Å². The van der Waals surface area contributed by atoms with E-state index in [0.29, 0.717) is 16.4 Å². The lowest BCUT2D eigenvalue weighted by atomic mass is 10.3. The van der Waals surface area contributed by atoms with E-state index in [4.69, 9.17) is 5.11 Å². The molecule has 0 aliphatic rings. The van der Waals surface area contributed by atoms with Gasteiger partial charge in [-0.1, -0.05) is 0 Å². The summed E-state index contributed by atoms with van der Waals surface area (Å²) < 4.78 is 0. The Morgan fingerprint density at radius 3 is 2.50 bits per heavy atom. The molecule has 6 nitrogen and oxygen atoms in total. The normalized spacial score (nSPS) is 12.8. The van der Waals surface area contributed by atoms with Gasteiger partial charge in [0, 0.05) is 23.5 Å². The molecule has 0 aliphatic carbocycles. The Morgan fingerprint density at radius 2 is 2.11 bits per heavy atom. The second-order valence-corrected chi connectivity index (χ2v) is 5.35. The second kappa shape index (κ2) is 6.12. The summed E-state index contributed by atoms with van der Waals surface area (Å²) in [6, 6.07) is 1.44. The van der Waals surface area contributed by atoms with Crippen LogP contribution in [0.2, 0.25) is 0 Å². The highest BCUT2D eigenvalue weighted by Gasteiger charge is 2.26. The summed E-state index contributed by atoms with van der Waals surface area (Å²) in [7, 11) is 0. The van der Waals surface area contributed by atoms with Gasteiger partial charge >= 0.3 is 5.69 Å². The van der Waals surface area contributed by atoms with Gasteiger partial charge in [0.1, 0.15) is 0 Å². The Bertz CT molecular complexity index is 417. The van der Waals surface area contributed by atoms with E-state index in [0.717, 1.165) is 0 Å². The van der Waals surface area contributed by atoms with E-state index in [1.54, 1.807) is 11.8 Å². The lowest BCUT2D eigenvalue weighted by Gasteiger charge is -2.25. The molecule has 18 heavy (non-hydrogen) atoms. The van der Waals surface area contributed by atoms with E-state index >= 15 is 0 Å². The molecule has 0 amide bonds. The SMILES string of the molecule is CC(C)N(CCO)c1sc([C@H](C)O)cc1[N+](=O)[O-]. The number of nitro groups is 1. The summed E-state index contributed by atoms with van der Waals surface area (Å²) in [5, 5.41) is 30.1. The number of hydrogen-bond acceptors (Lipinski definition) is 6. The van der Waals surface area contributed by atoms with Crippen LogP contribution in [0, 0.1) is 10.1 Å². The maximum atomic E-state index is 11.0. The van der Waals surface area contributed by atoms with Gasteiger partial charge in [0.05, 0.1) is 17.6 Å². The quantitative estimate of drug-likeness (QED) is 0.611. The van der Waals surface area contributed by atoms with Crippen molar-refractivity contribution in [3.8, 4) is 0 Å². The zero-order valence-electron chi connectivity index (χ0n) is 10.7. The van der Waals surface area contributed by atoms with Crippen molar-refractivity contribution in [1.82, 2.24) is 0 Å². The van der Waals surface area contributed by atoms with Crippen molar-refractivity contribution < 1.29 is 15.1 Å². The van der Waals surface area contributed by atoms with Crippen molar-refractivity contribution in [3.05, 3.63) is 21.1 Å². The molecule has 0 radical (unpaired) electrons. The van der Waals surface area contributed by atoms with Gasteiger partial charge in [-0.3, -0.25) is 10.1 Å². The molecule has 1 heterocycles. The van der Waals surface area contributed by atoms with Crippen LogP contribution in [0.15, 0.2) is 6.07 Å². The fraction of sp³-hybridized carbons (Fsp3) is 0.636. The average molecular weight is 274 g/mol. The first-order chi connectivity index (χ1) is 8.38. The molecule has 0 bridgehead atoms. The van der Waals surface area contributed by atoms with Crippen LogP contribution in [-0.4, -0.2) is 34.3 Å². The van der Waals surface area contributed by atoms with Crippen LogP contribution in [0.1, 0.15) is 31.8 Å². The molecule has 0 fully saturated rings. The van der Waals surface area contributed by atoms with Crippen molar-refractivity contribution in [2.75, 3.05) is 18.1 Å². The number of nitrogens with zero attached hydrogens (tertiary/aromatic N) is 2. The summed E-state index contributed by atoms with van der Waals surface area (Å²) in [4.78, 5) is 12.9. The van der Waals surface area contributed by atoms with E-state index in [9.17, 15) is 15.2 Å². The predicted molar refractivity (Wildman–Crippen MR) is 71.2 cm³/mol. The van der Waals surface area contributed by atoms with Crippen LogP contribution in [0.25, 0.3) is 0 Å². The molecule has 1 atom stereocenters. The van der Waals surface area contributed by atoms with Gasteiger partial charge in [0.25, 0.3) is 0 Å². The highest BCUT2D eigenvalue weighted by Crippen LogP contribution is 2.40. The lowest BCUT2D eigenvalue weighted by molar-refractivity contribution is -0.383. The molecule has 7 heteroatoms. The Hall–Kier alpha value is -1.18. The highest BCUT2D eigenvalue weighted by molar-refractivity contribution is 7.16. The molecule has 1 aromatic rings. The van der Waals surface area contributed by atoms with Crippen LogP contribution < -0.4 is 4.90 Å². The smallest absolute Gasteiger partial charge is 0.304 e. The monoisotopic (exact) mass is 274 g/mol. The van der Waals surface area contributed by atoms with Crippen LogP contribution in [0.3, 0.4) is 0 Å². The third-order valence-corrected chi connectivity index (χ3v) is 3.88. The van der Waals surface area contributed by atoms with Gasteiger partial charge in [0.15, 0.2) is 5.00 Å². The summed E-state index contributed by atoms with van der Waals surface area (Å²) in [5.74, 6) is 0. The number of anilines is 1. The molecule has 0 aromatic carbocycles. The third-order valence-electron chi connectivity index (χ3n) is 2.55. The van der Waals surface area contributed by atoms with E-state index in [1.807, 2.05) is 13.8 Å². The summed E-state index contributed by atoms with van der Waals surface area (Å²) in [5.41, 5.74) is -0.0157. The molecule has 0 spiro atoms. The first-order valence-electron chi connectivity index (χ1n) is 5.72. The van der Waals surface area contributed by atoms with Crippen molar-refractivity contribution in [3.63, 3.8) is 0 Å². The molecule has 0 saturated carbocycles. The van der Waals surface area contributed by atoms with E-state index in [-0.39, 0.29) is 18.3 Å². The Kier molecular flexibility index (Phi) is 5.06. The molecule has 1 aromatic heterocycles. The summed E-state index contributed by atoms with van der Waals surface area (Å²) in [6.07, 6.45) is -0.731. The minimum atomic E-state index is -0.731. The van der Waals surface area contributed by atoms with E-state index < -0.39 is 11.0 Å². The molecule has 2 N–H and O–H groups in total. The van der Waals surface area contributed by atoms with Gasteiger partial charge in [-0.05, 0) is 20.8 Å². The van der Waals surface area contributed by atoms with E-state index in [1.165, 1.54) is 17.4 Å². The van der Waals surface area contributed by atoms with Crippen LogP contribution >= 0.6 is 11.3 Å². The number of hydrogen-bond donors (Lipinski definition) is 2. The molecular formula is C11H18N2O4S. The Labute approximate surface area is 110 Å². The van der Waals surface area contributed by atoms with Gasteiger partial charge in [-0.25, -0.2) is 0 Å². The van der Waals surface area contributed by atoms with Gasteiger partial charge in [-0.2, -0.15) is 0 Å². The number of thiophene rings is 1. The van der Waals surface area contributed by atoms with Gasteiger partial charge in [-0.15, -0.1) is 11.3 Å². The zero-order chi connectivity index (χ0) is 13.9. The Balaban J connectivity index is 3.22. The second-order valence-electron chi connectivity index (χ2n) is 4.28. The first kappa shape index (κ1) is 14.9. The largest absolute Gasteiger partial charge is 0.395 e. The molecule has 102 valence electrons. The standard InChI is InChI=1S/C11H18N2O4S/c1-7(2)12(4-5-14)11-9(13(16)17)6-10(18-11)8(3)15/h6-8,14-15H,4-5H2,1-3H3/t8-/m0/s1. The molecule has 0 unspecified atom stereocenters. The number of rotatable bonds is 6. The lowest BCUT2D eigenvalue weighted by Crippen LogP contribution is -2.33. The first-order valence-corrected chi connectivity index (χ1v) is 6.53. The number of aliphatic hydroxyl groups is 2. The molecule has 0 saturated heterocycles. The Morgan fingerprint density at radius 1 is 1.50 bits per heavy atom.